The third kappa shape index (κ3) is 19.4. The predicted octanol–water partition coefficient (Wildman–Crippen LogP) is 1.44. The molecule has 7 nitrogen and oxygen atoms in total. The van der Waals surface area contributed by atoms with Crippen LogP contribution in [0.15, 0.2) is 12.5 Å². The number of hydrogen-bond acceptors (Lipinski definition) is 7. The minimum atomic E-state index is 0.308. The van der Waals surface area contributed by atoms with Gasteiger partial charge < -0.3 is 24.1 Å². The Balaban J connectivity index is 3.00. The summed E-state index contributed by atoms with van der Waals surface area (Å²) in [5, 5.41) is 7.56. The van der Waals surface area contributed by atoms with Crippen molar-refractivity contribution in [1.29, 1.82) is 0 Å². The van der Waals surface area contributed by atoms with Crippen LogP contribution in [0.4, 0.5) is 0 Å². The topological polar surface area (TPSA) is 67.4 Å². The lowest BCUT2D eigenvalue weighted by molar-refractivity contribution is -0.491. The van der Waals surface area contributed by atoms with E-state index in [1.165, 1.54) is 12.5 Å². The van der Waals surface area contributed by atoms with E-state index in [1.807, 2.05) is 13.8 Å². The van der Waals surface area contributed by atoms with Crippen LogP contribution in [0.2, 0.25) is 6.04 Å². The van der Waals surface area contributed by atoms with E-state index in [-0.39, 0.29) is 0 Å². The largest absolute Gasteiger partial charge is 0.497 e. The minimum absolute atomic E-state index is 0.308. The SMILES string of the molecule is CCNCCO/C=C/OOOCCOCCC[Si]OCC. The van der Waals surface area contributed by atoms with Crippen molar-refractivity contribution >= 4 is 9.76 Å². The molecule has 0 aliphatic carbocycles. The summed E-state index contributed by atoms with van der Waals surface area (Å²) < 4.78 is 15.7. The number of likely N-dealkylation sites (N-methyl/N-ethyl adjacent to an activating group) is 1. The molecule has 0 spiro atoms. The standard InChI is InChI=1S/C13H27NO6Si/c1-3-14-6-8-16-10-12-18-20-17-11-9-15-7-5-13-21-19-4-2/h10,12,14H,3-9,11,13H2,1-2H3/b12-10+. The van der Waals surface area contributed by atoms with Crippen molar-refractivity contribution in [1.82, 2.24) is 5.32 Å². The Morgan fingerprint density at radius 2 is 1.95 bits per heavy atom. The van der Waals surface area contributed by atoms with Gasteiger partial charge in [-0.1, -0.05) is 6.92 Å². The molecule has 2 radical (unpaired) electrons. The molecule has 0 bridgehead atoms. The van der Waals surface area contributed by atoms with E-state index >= 15 is 0 Å². The summed E-state index contributed by atoms with van der Waals surface area (Å²) >= 11 is 0. The van der Waals surface area contributed by atoms with E-state index in [2.05, 4.69) is 15.2 Å². The van der Waals surface area contributed by atoms with Crippen LogP contribution in [-0.4, -0.2) is 55.9 Å². The normalized spacial score (nSPS) is 11.1. The van der Waals surface area contributed by atoms with Crippen molar-refractivity contribution in [3.63, 3.8) is 0 Å². The Bertz CT molecular complexity index is 221. The van der Waals surface area contributed by atoms with Gasteiger partial charge in [-0.15, -0.1) is 0 Å². The summed E-state index contributed by atoms with van der Waals surface area (Å²) in [5.74, 6) is 0. The zero-order valence-corrected chi connectivity index (χ0v) is 14.0. The van der Waals surface area contributed by atoms with Gasteiger partial charge in [0.15, 0.2) is 6.26 Å². The molecule has 0 saturated heterocycles. The summed E-state index contributed by atoms with van der Waals surface area (Å²) in [4.78, 5) is 9.33. The van der Waals surface area contributed by atoms with Gasteiger partial charge in [-0.25, -0.2) is 0 Å². The Morgan fingerprint density at radius 1 is 1.05 bits per heavy atom. The Labute approximate surface area is 129 Å². The fourth-order valence-corrected chi connectivity index (χ4v) is 1.78. The number of ether oxygens (including phenoxy) is 2. The van der Waals surface area contributed by atoms with Gasteiger partial charge in [0.25, 0.3) is 0 Å². The van der Waals surface area contributed by atoms with Gasteiger partial charge in [0.2, 0.25) is 9.76 Å². The second-order valence-corrected chi connectivity index (χ2v) is 4.85. The first-order chi connectivity index (χ1) is 10.4. The lowest BCUT2D eigenvalue weighted by atomic mass is 10.5. The molecule has 0 aromatic heterocycles. The molecule has 0 atom stereocenters. The Hall–Kier alpha value is -0.643. The van der Waals surface area contributed by atoms with E-state index in [0.29, 0.717) is 36.2 Å². The molecular weight excluding hydrogens is 294 g/mol. The average Bonchev–Trinajstić information content (AvgIpc) is 2.50. The Kier molecular flexibility index (Phi) is 18.8. The highest BCUT2D eigenvalue weighted by molar-refractivity contribution is 6.26. The van der Waals surface area contributed by atoms with Crippen LogP contribution in [0, 0.1) is 0 Å². The van der Waals surface area contributed by atoms with E-state index in [0.717, 1.165) is 32.2 Å². The summed E-state index contributed by atoms with van der Waals surface area (Å²) in [6.07, 6.45) is 3.65. The van der Waals surface area contributed by atoms with Gasteiger partial charge in [0, 0.05) is 19.8 Å². The second kappa shape index (κ2) is 19.4. The smallest absolute Gasteiger partial charge is 0.229 e. The molecule has 0 rings (SSSR count). The summed E-state index contributed by atoms with van der Waals surface area (Å²) in [6.45, 7) is 8.57. The first-order valence-electron chi connectivity index (χ1n) is 7.26. The summed E-state index contributed by atoms with van der Waals surface area (Å²) in [7, 11) is 0.564. The molecule has 0 unspecified atom stereocenters. The number of nitrogens with one attached hydrogen (secondary N) is 1. The molecule has 0 amide bonds. The number of hydrogen-bond donors (Lipinski definition) is 1. The highest BCUT2D eigenvalue weighted by atomic mass is 28.2. The zero-order valence-electron chi connectivity index (χ0n) is 13.0. The molecule has 124 valence electrons. The van der Waals surface area contributed by atoms with Gasteiger partial charge in [0.05, 0.1) is 13.2 Å². The third-order valence-corrected chi connectivity index (χ3v) is 3.12. The lowest BCUT2D eigenvalue weighted by Crippen LogP contribution is -2.17. The van der Waals surface area contributed by atoms with Crippen LogP contribution in [-0.2, 0) is 28.7 Å². The molecule has 0 saturated carbocycles. The van der Waals surface area contributed by atoms with Crippen molar-refractivity contribution in [2.24, 2.45) is 0 Å². The maximum atomic E-state index is 5.34. The first kappa shape index (κ1) is 20.4. The van der Waals surface area contributed by atoms with Gasteiger partial charge in [-0.05, 0) is 31.0 Å². The van der Waals surface area contributed by atoms with Crippen molar-refractivity contribution in [3.05, 3.63) is 12.5 Å². The highest BCUT2D eigenvalue weighted by Gasteiger charge is 1.93. The van der Waals surface area contributed by atoms with Crippen LogP contribution < -0.4 is 5.32 Å². The molecule has 1 N–H and O–H groups in total. The molecule has 0 aromatic carbocycles. The van der Waals surface area contributed by atoms with Crippen molar-refractivity contribution in [2.75, 3.05) is 46.1 Å². The summed E-state index contributed by atoms with van der Waals surface area (Å²) in [5.41, 5.74) is 0. The zero-order chi connectivity index (χ0) is 15.4. The summed E-state index contributed by atoms with van der Waals surface area (Å²) in [6, 6.07) is 1.03. The first-order valence-corrected chi connectivity index (χ1v) is 8.38. The molecule has 0 aliphatic heterocycles. The number of rotatable bonds is 17. The fraction of sp³-hybridized carbons (Fsp3) is 0.846. The van der Waals surface area contributed by atoms with Crippen molar-refractivity contribution < 1.29 is 28.7 Å². The maximum Gasteiger partial charge on any atom is 0.229 e. The van der Waals surface area contributed by atoms with Gasteiger partial charge >= 0.3 is 0 Å². The van der Waals surface area contributed by atoms with E-state index < -0.39 is 0 Å². The third-order valence-electron chi connectivity index (χ3n) is 2.07. The second-order valence-electron chi connectivity index (χ2n) is 3.78. The van der Waals surface area contributed by atoms with E-state index in [4.69, 9.17) is 18.8 Å². The van der Waals surface area contributed by atoms with Crippen LogP contribution in [0.3, 0.4) is 0 Å². The van der Waals surface area contributed by atoms with Crippen LogP contribution in [0.5, 0.6) is 0 Å². The molecule has 0 heterocycles. The van der Waals surface area contributed by atoms with Gasteiger partial charge in [-0.3, -0.25) is 0 Å². The van der Waals surface area contributed by atoms with Gasteiger partial charge in [-0.2, -0.15) is 4.89 Å². The molecule has 0 aromatic rings. The highest BCUT2D eigenvalue weighted by Crippen LogP contribution is 1.92. The molecule has 0 fully saturated rings. The maximum absolute atomic E-state index is 5.34. The molecular formula is C13H27NO6Si. The van der Waals surface area contributed by atoms with Crippen molar-refractivity contribution in [3.8, 4) is 0 Å². The molecule has 21 heavy (non-hydrogen) atoms. The van der Waals surface area contributed by atoms with E-state index in [1.54, 1.807) is 0 Å². The molecule has 0 aliphatic rings. The lowest BCUT2D eigenvalue weighted by Gasteiger charge is -2.04. The molecule has 8 heteroatoms. The Morgan fingerprint density at radius 3 is 2.76 bits per heavy atom. The predicted molar refractivity (Wildman–Crippen MR) is 79.4 cm³/mol. The van der Waals surface area contributed by atoms with Crippen molar-refractivity contribution in [2.45, 2.75) is 26.3 Å². The van der Waals surface area contributed by atoms with Crippen LogP contribution in [0.1, 0.15) is 20.3 Å². The fourth-order valence-electron chi connectivity index (χ4n) is 1.14. The quantitative estimate of drug-likeness (QED) is 0.143. The monoisotopic (exact) mass is 321 g/mol. The van der Waals surface area contributed by atoms with Crippen LogP contribution in [0.25, 0.3) is 0 Å². The van der Waals surface area contributed by atoms with E-state index in [9.17, 15) is 0 Å². The average molecular weight is 321 g/mol. The van der Waals surface area contributed by atoms with Crippen LogP contribution >= 0.6 is 0 Å². The minimum Gasteiger partial charge on any atom is -0.497 e. The van der Waals surface area contributed by atoms with Gasteiger partial charge in [0.1, 0.15) is 12.9 Å².